The van der Waals surface area contributed by atoms with Crippen LogP contribution in [0.15, 0.2) is 29.1 Å². The molecule has 0 amide bonds. The molecule has 3 N–H and O–H groups in total. The molecule has 2 aromatic heterocycles. The van der Waals surface area contributed by atoms with Crippen LogP contribution in [-0.2, 0) is 11.3 Å². The van der Waals surface area contributed by atoms with Crippen molar-refractivity contribution < 1.29 is 19.0 Å². The van der Waals surface area contributed by atoms with Gasteiger partial charge in [-0.05, 0) is 30.5 Å². The number of fused-ring (bicyclic) bond motifs is 1. The fourth-order valence-electron chi connectivity index (χ4n) is 3.01. The van der Waals surface area contributed by atoms with E-state index in [1.807, 2.05) is 0 Å². The van der Waals surface area contributed by atoms with Crippen molar-refractivity contribution in [2.75, 3.05) is 12.3 Å². The van der Waals surface area contributed by atoms with E-state index in [-0.39, 0.29) is 41.8 Å². The van der Waals surface area contributed by atoms with Crippen LogP contribution in [0.3, 0.4) is 0 Å². The molecule has 2 atom stereocenters. The number of nitrogen functional groups attached to an aromatic ring is 1. The molecule has 142 valence electrons. The number of anilines is 1. The van der Waals surface area contributed by atoms with E-state index < -0.39 is 6.23 Å². The van der Waals surface area contributed by atoms with Crippen LogP contribution >= 0.6 is 11.3 Å². The number of thiazole rings is 1. The normalized spacial score (nSPS) is 19.6. The first-order chi connectivity index (χ1) is 13.0. The number of rotatable bonds is 5. The maximum Gasteiger partial charge on any atom is 0.311 e. The summed E-state index contributed by atoms with van der Waals surface area (Å²) in [5.74, 6) is -0.167. The van der Waals surface area contributed by atoms with Gasteiger partial charge in [-0.2, -0.15) is 9.97 Å². The molecule has 1 aromatic carbocycles. The third-order valence-electron chi connectivity index (χ3n) is 4.31. The van der Waals surface area contributed by atoms with Gasteiger partial charge < -0.3 is 20.3 Å². The quantitative estimate of drug-likeness (QED) is 0.681. The number of aromatic nitrogens is 3. The van der Waals surface area contributed by atoms with Gasteiger partial charge in [-0.1, -0.05) is 23.5 Å². The van der Waals surface area contributed by atoms with Gasteiger partial charge in [0.2, 0.25) is 11.8 Å². The molecule has 1 fully saturated rings. The third kappa shape index (κ3) is 3.51. The Morgan fingerprint density at radius 2 is 2.11 bits per heavy atom. The Hall–Kier alpha value is -2.56. The van der Waals surface area contributed by atoms with E-state index in [2.05, 4.69) is 9.97 Å². The van der Waals surface area contributed by atoms with Crippen LogP contribution in [0.2, 0.25) is 0 Å². The lowest BCUT2D eigenvalue weighted by atomic mass is 10.2. The van der Waals surface area contributed by atoms with Crippen LogP contribution in [-0.4, -0.2) is 32.4 Å². The minimum absolute atomic E-state index is 0.0279. The van der Waals surface area contributed by atoms with Gasteiger partial charge in [0.25, 0.3) is 0 Å². The summed E-state index contributed by atoms with van der Waals surface area (Å²) in [6, 6.07) is 5.89. The van der Waals surface area contributed by atoms with Crippen molar-refractivity contribution in [1.29, 1.82) is 0 Å². The van der Waals surface area contributed by atoms with Crippen LogP contribution in [0.25, 0.3) is 10.3 Å². The van der Waals surface area contributed by atoms with Crippen molar-refractivity contribution in [2.45, 2.75) is 31.8 Å². The highest BCUT2D eigenvalue weighted by Crippen LogP contribution is 2.33. The smallest absolute Gasteiger partial charge is 0.311 e. The topological polar surface area (TPSA) is 112 Å². The highest BCUT2D eigenvalue weighted by atomic mass is 32.1. The van der Waals surface area contributed by atoms with Gasteiger partial charge in [0.1, 0.15) is 23.4 Å². The lowest BCUT2D eigenvalue weighted by Crippen LogP contribution is -2.21. The van der Waals surface area contributed by atoms with Crippen LogP contribution < -0.4 is 15.3 Å². The number of benzene rings is 1. The summed E-state index contributed by atoms with van der Waals surface area (Å²) in [6.07, 6.45) is 0.430. The molecule has 2 unspecified atom stereocenters. The molecule has 0 saturated carbocycles. The minimum Gasteiger partial charge on any atom is -0.472 e. The molecule has 0 radical (unpaired) electrons. The Balaban J connectivity index is 1.67. The molecule has 0 bridgehead atoms. The van der Waals surface area contributed by atoms with Crippen LogP contribution in [0.4, 0.5) is 10.3 Å². The van der Waals surface area contributed by atoms with E-state index in [1.54, 1.807) is 12.1 Å². The number of ether oxygens (including phenoxy) is 2. The van der Waals surface area contributed by atoms with Gasteiger partial charge in [0.15, 0.2) is 5.65 Å². The molecular weight excluding hydrogens is 375 g/mol. The second-order valence-corrected chi connectivity index (χ2v) is 7.13. The Morgan fingerprint density at radius 3 is 2.81 bits per heavy atom. The average Bonchev–Trinajstić information content (AvgIpc) is 3.24. The lowest BCUT2D eigenvalue weighted by Gasteiger charge is -2.13. The van der Waals surface area contributed by atoms with E-state index in [4.69, 9.17) is 15.2 Å². The molecule has 4 rings (SSSR count). The Morgan fingerprint density at radius 1 is 1.33 bits per heavy atom. The Kier molecular flexibility index (Phi) is 4.77. The fourth-order valence-corrected chi connectivity index (χ4v) is 3.91. The van der Waals surface area contributed by atoms with Gasteiger partial charge in [-0.25, -0.2) is 4.39 Å². The summed E-state index contributed by atoms with van der Waals surface area (Å²) in [7, 11) is 0. The number of hydrogen-bond donors (Lipinski definition) is 2. The van der Waals surface area contributed by atoms with Crippen LogP contribution in [0.1, 0.15) is 24.6 Å². The van der Waals surface area contributed by atoms with Crippen molar-refractivity contribution in [3.8, 4) is 5.88 Å². The molecule has 1 aliphatic heterocycles. The molecule has 10 heteroatoms. The molecular formula is C17H17FN4O4S. The van der Waals surface area contributed by atoms with Crippen molar-refractivity contribution in [3.05, 3.63) is 45.3 Å². The van der Waals surface area contributed by atoms with Gasteiger partial charge in [-0.15, -0.1) is 0 Å². The monoisotopic (exact) mass is 392 g/mol. The zero-order valence-electron chi connectivity index (χ0n) is 14.2. The summed E-state index contributed by atoms with van der Waals surface area (Å²) in [4.78, 5) is 20.5. The number of aliphatic hydroxyl groups is 1. The van der Waals surface area contributed by atoms with Gasteiger partial charge in [0, 0.05) is 0 Å². The van der Waals surface area contributed by atoms with Crippen LogP contribution in [0, 0.1) is 5.82 Å². The van der Waals surface area contributed by atoms with Crippen molar-refractivity contribution in [2.24, 2.45) is 0 Å². The Labute approximate surface area is 157 Å². The molecule has 1 aliphatic rings. The second-order valence-electron chi connectivity index (χ2n) is 6.17. The number of nitrogens with two attached hydrogens (primary N) is 1. The maximum absolute atomic E-state index is 13.0. The SMILES string of the molecule is Nc1nc(OCc2ccc(F)cc2)c2sc(=O)n(C3CCC(CO)O3)c2n1. The van der Waals surface area contributed by atoms with E-state index in [0.717, 1.165) is 16.9 Å². The van der Waals surface area contributed by atoms with Gasteiger partial charge in [-0.3, -0.25) is 9.36 Å². The Bertz CT molecular complexity index is 1020. The molecule has 3 aromatic rings. The first-order valence-corrected chi connectivity index (χ1v) is 9.19. The average molecular weight is 392 g/mol. The van der Waals surface area contributed by atoms with E-state index in [1.165, 1.54) is 16.7 Å². The summed E-state index contributed by atoms with van der Waals surface area (Å²) in [6.45, 7) is 0.0426. The summed E-state index contributed by atoms with van der Waals surface area (Å²) in [5.41, 5.74) is 6.89. The molecule has 1 saturated heterocycles. The molecule has 27 heavy (non-hydrogen) atoms. The fraction of sp³-hybridized carbons (Fsp3) is 0.353. The summed E-state index contributed by atoms with van der Waals surface area (Å²) >= 11 is 0.947. The zero-order chi connectivity index (χ0) is 19.0. The van der Waals surface area contributed by atoms with Gasteiger partial charge in [0.05, 0.1) is 12.7 Å². The second kappa shape index (κ2) is 7.22. The number of nitrogens with zero attached hydrogens (tertiary/aromatic N) is 3. The van der Waals surface area contributed by atoms with Crippen molar-refractivity contribution >= 4 is 27.6 Å². The van der Waals surface area contributed by atoms with E-state index >= 15 is 0 Å². The standard InChI is InChI=1S/C17H17FN4O4S/c18-10-3-1-9(2-4-10)8-25-15-13-14(20-16(19)21-15)22(17(24)27-13)12-6-5-11(7-23)26-12/h1-4,11-12,23H,5-8H2,(H2,19,20,21). The molecule has 0 aliphatic carbocycles. The third-order valence-corrected chi connectivity index (χ3v) is 5.25. The van der Waals surface area contributed by atoms with Crippen molar-refractivity contribution in [1.82, 2.24) is 14.5 Å². The largest absolute Gasteiger partial charge is 0.472 e. The maximum atomic E-state index is 13.0. The first kappa shape index (κ1) is 17.8. The highest BCUT2D eigenvalue weighted by Gasteiger charge is 2.30. The summed E-state index contributed by atoms with van der Waals surface area (Å²) < 4.78 is 26.3. The number of hydrogen-bond acceptors (Lipinski definition) is 8. The molecule has 0 spiro atoms. The molecule has 3 heterocycles. The van der Waals surface area contributed by atoms with Crippen LogP contribution in [0.5, 0.6) is 5.88 Å². The number of halogens is 1. The molecule has 8 nitrogen and oxygen atoms in total. The highest BCUT2D eigenvalue weighted by molar-refractivity contribution is 7.16. The van der Waals surface area contributed by atoms with Gasteiger partial charge >= 0.3 is 4.87 Å². The van der Waals surface area contributed by atoms with E-state index in [0.29, 0.717) is 23.2 Å². The van der Waals surface area contributed by atoms with Crippen molar-refractivity contribution in [3.63, 3.8) is 0 Å². The first-order valence-electron chi connectivity index (χ1n) is 8.37. The zero-order valence-corrected chi connectivity index (χ0v) is 15.0. The predicted molar refractivity (Wildman–Crippen MR) is 97.0 cm³/mol. The lowest BCUT2D eigenvalue weighted by molar-refractivity contribution is -0.0214. The summed E-state index contributed by atoms with van der Waals surface area (Å²) in [5, 5.41) is 9.25. The number of aliphatic hydroxyl groups excluding tert-OH is 1. The minimum atomic E-state index is -0.511. The van der Waals surface area contributed by atoms with E-state index in [9.17, 15) is 14.3 Å². The predicted octanol–water partition coefficient (Wildman–Crippen LogP) is 1.82.